The van der Waals surface area contributed by atoms with Crippen LogP contribution < -0.4 is 30.2 Å². The Hall–Kier alpha value is -4.19. The Labute approximate surface area is 233 Å². The van der Waals surface area contributed by atoms with Crippen molar-refractivity contribution in [1.29, 1.82) is 0 Å². The number of rotatable bonds is 7. The monoisotopic (exact) mass is 555 g/mol. The number of aliphatic hydroxyl groups excluding tert-OH is 1. The van der Waals surface area contributed by atoms with Gasteiger partial charge in [0.25, 0.3) is 5.91 Å². The van der Waals surface area contributed by atoms with Gasteiger partial charge in [0.05, 0.1) is 30.4 Å². The van der Waals surface area contributed by atoms with Gasteiger partial charge in [-0.3, -0.25) is 4.79 Å². The van der Waals surface area contributed by atoms with Crippen LogP contribution in [0.15, 0.2) is 36.4 Å². The highest BCUT2D eigenvalue weighted by molar-refractivity contribution is 6.01. The fraction of sp³-hybridized carbons (Fsp3) is 0.464. The molecule has 2 aliphatic rings. The Balaban J connectivity index is 1.59. The molecule has 5 amide bonds. The number of amides is 5. The van der Waals surface area contributed by atoms with Crippen LogP contribution in [-0.2, 0) is 0 Å². The summed E-state index contributed by atoms with van der Waals surface area (Å²) in [5.74, 6) is 0.832. The number of ether oxygens (including phenoxy) is 3. The zero-order chi connectivity index (χ0) is 29.0. The Bertz CT molecular complexity index is 1250. The molecule has 2 aromatic rings. The molecule has 12 heteroatoms. The lowest BCUT2D eigenvalue weighted by atomic mass is 9.99. The summed E-state index contributed by atoms with van der Waals surface area (Å²) >= 11 is 0. The molecule has 0 spiro atoms. The van der Waals surface area contributed by atoms with Crippen molar-refractivity contribution in [2.45, 2.75) is 45.9 Å². The van der Waals surface area contributed by atoms with Gasteiger partial charge in [-0.1, -0.05) is 13.0 Å². The number of anilines is 2. The Morgan fingerprint density at radius 3 is 2.60 bits per heavy atom. The second kappa shape index (κ2) is 12.3. The Morgan fingerprint density at radius 2 is 1.88 bits per heavy atom. The van der Waals surface area contributed by atoms with E-state index in [2.05, 4.69) is 16.0 Å². The molecular formula is C28H37N5O7. The number of nitrogens with one attached hydrogen (secondary N) is 3. The van der Waals surface area contributed by atoms with Crippen molar-refractivity contribution in [1.82, 2.24) is 15.1 Å². The largest absolute Gasteiger partial charge is 0.485 e. The number of carbonyl (C=O) groups is 3. The van der Waals surface area contributed by atoms with Gasteiger partial charge in [0.15, 0.2) is 17.2 Å². The number of para-hydroxylation sites is 1. The zero-order valence-electron chi connectivity index (χ0n) is 23.4. The van der Waals surface area contributed by atoms with Crippen molar-refractivity contribution in [3.63, 3.8) is 0 Å². The van der Waals surface area contributed by atoms with E-state index in [1.807, 2.05) is 20.8 Å². The molecule has 40 heavy (non-hydrogen) atoms. The quantitative estimate of drug-likeness (QED) is 0.411. The van der Waals surface area contributed by atoms with E-state index in [4.69, 9.17) is 14.2 Å². The second-order valence-corrected chi connectivity index (χ2v) is 10.4. The standard InChI is InChI=1S/C28H37N5O7/c1-16(2)29-27(36)31-21-8-6-7-20-25(21)40-24(17(3)12-33(26(20)35)18(4)14-34)13-32(5)28(37)30-19-9-10-22-23(11-19)39-15-38-22/h6-11,16-18,24,34H,12-15H2,1-5H3,(H,30,37)(H2,29,31,36)/t17-,18-,24-/m0/s1. The summed E-state index contributed by atoms with van der Waals surface area (Å²) in [6.07, 6.45) is -0.552. The van der Waals surface area contributed by atoms with Gasteiger partial charge in [-0.15, -0.1) is 0 Å². The van der Waals surface area contributed by atoms with Gasteiger partial charge in [-0.05, 0) is 45.0 Å². The number of hydrogen-bond acceptors (Lipinski definition) is 7. The average molecular weight is 556 g/mol. The van der Waals surface area contributed by atoms with Crippen LogP contribution in [0.25, 0.3) is 0 Å². The van der Waals surface area contributed by atoms with E-state index >= 15 is 0 Å². The molecule has 4 rings (SSSR count). The number of benzene rings is 2. The number of carbonyl (C=O) groups excluding carboxylic acids is 3. The van der Waals surface area contributed by atoms with E-state index in [1.165, 1.54) is 4.90 Å². The van der Waals surface area contributed by atoms with E-state index in [0.29, 0.717) is 29.4 Å². The summed E-state index contributed by atoms with van der Waals surface area (Å²) in [6, 6.07) is 8.75. The molecule has 0 saturated heterocycles. The summed E-state index contributed by atoms with van der Waals surface area (Å²) in [5.41, 5.74) is 1.13. The smallest absolute Gasteiger partial charge is 0.321 e. The SMILES string of the molecule is CC(C)NC(=O)Nc1cccc2c1O[C@@H](CN(C)C(=O)Nc1ccc3c(c1)OCO3)[C@@H](C)CN([C@@H](C)CO)C2=O. The lowest BCUT2D eigenvalue weighted by Crippen LogP contribution is -2.50. The number of fused-ring (bicyclic) bond motifs is 2. The summed E-state index contributed by atoms with van der Waals surface area (Å²) in [6.45, 7) is 7.77. The minimum Gasteiger partial charge on any atom is -0.485 e. The molecule has 0 fully saturated rings. The Kier molecular flexibility index (Phi) is 8.88. The molecule has 0 radical (unpaired) electrons. The molecule has 12 nitrogen and oxygen atoms in total. The third-order valence-corrected chi connectivity index (χ3v) is 6.78. The van der Waals surface area contributed by atoms with Crippen LogP contribution in [0.1, 0.15) is 38.1 Å². The molecule has 0 saturated carbocycles. The highest BCUT2D eigenvalue weighted by Gasteiger charge is 2.35. The predicted octanol–water partition coefficient (Wildman–Crippen LogP) is 3.33. The van der Waals surface area contributed by atoms with Gasteiger partial charge in [0.2, 0.25) is 6.79 Å². The molecule has 3 atom stereocenters. The van der Waals surface area contributed by atoms with E-state index in [-0.39, 0.29) is 55.2 Å². The third kappa shape index (κ3) is 6.50. The van der Waals surface area contributed by atoms with Crippen LogP contribution in [-0.4, -0.2) is 84.6 Å². The minimum atomic E-state index is -0.552. The summed E-state index contributed by atoms with van der Waals surface area (Å²) in [7, 11) is 1.65. The minimum absolute atomic E-state index is 0.0985. The molecule has 2 heterocycles. The van der Waals surface area contributed by atoms with Crippen molar-refractivity contribution >= 4 is 29.3 Å². The number of hydrogen-bond donors (Lipinski definition) is 4. The van der Waals surface area contributed by atoms with Gasteiger partial charge < -0.3 is 45.1 Å². The van der Waals surface area contributed by atoms with Crippen LogP contribution >= 0.6 is 0 Å². The number of urea groups is 2. The molecule has 0 bridgehead atoms. The number of nitrogens with zero attached hydrogens (tertiary/aromatic N) is 2. The first-order chi connectivity index (χ1) is 19.1. The first kappa shape index (κ1) is 28.8. The van der Waals surface area contributed by atoms with Gasteiger partial charge in [-0.2, -0.15) is 0 Å². The Morgan fingerprint density at radius 1 is 1.12 bits per heavy atom. The van der Waals surface area contributed by atoms with Crippen molar-refractivity contribution in [3.8, 4) is 17.2 Å². The van der Waals surface area contributed by atoms with E-state index in [0.717, 1.165) is 0 Å². The normalized spacial score (nSPS) is 18.7. The van der Waals surface area contributed by atoms with Gasteiger partial charge in [-0.25, -0.2) is 9.59 Å². The van der Waals surface area contributed by atoms with Crippen molar-refractivity contribution in [2.75, 3.05) is 44.2 Å². The van der Waals surface area contributed by atoms with Gasteiger partial charge in [0.1, 0.15) is 6.10 Å². The van der Waals surface area contributed by atoms with Crippen molar-refractivity contribution in [2.24, 2.45) is 5.92 Å². The van der Waals surface area contributed by atoms with Gasteiger partial charge in [0, 0.05) is 37.3 Å². The lowest BCUT2D eigenvalue weighted by Gasteiger charge is -2.38. The second-order valence-electron chi connectivity index (χ2n) is 10.4. The van der Waals surface area contributed by atoms with E-state index < -0.39 is 18.2 Å². The highest BCUT2D eigenvalue weighted by Crippen LogP contribution is 2.36. The maximum atomic E-state index is 13.6. The maximum absolute atomic E-state index is 13.6. The molecule has 216 valence electrons. The summed E-state index contributed by atoms with van der Waals surface area (Å²) in [5, 5.41) is 18.3. The van der Waals surface area contributed by atoms with Crippen LogP contribution in [0.4, 0.5) is 21.0 Å². The predicted molar refractivity (Wildman–Crippen MR) is 149 cm³/mol. The van der Waals surface area contributed by atoms with Crippen molar-refractivity contribution < 1.29 is 33.7 Å². The lowest BCUT2D eigenvalue weighted by molar-refractivity contribution is 0.0373. The first-order valence-corrected chi connectivity index (χ1v) is 13.3. The van der Waals surface area contributed by atoms with Crippen LogP contribution in [0.5, 0.6) is 17.2 Å². The first-order valence-electron chi connectivity index (χ1n) is 13.3. The molecular weight excluding hydrogens is 518 g/mol. The molecule has 0 aromatic heterocycles. The van der Waals surface area contributed by atoms with Gasteiger partial charge >= 0.3 is 12.1 Å². The fourth-order valence-electron chi connectivity index (χ4n) is 4.53. The van der Waals surface area contributed by atoms with E-state index in [9.17, 15) is 19.5 Å². The third-order valence-electron chi connectivity index (χ3n) is 6.78. The molecule has 2 aliphatic heterocycles. The summed E-state index contributed by atoms with van der Waals surface area (Å²) in [4.78, 5) is 42.3. The average Bonchev–Trinajstić information content (AvgIpc) is 3.38. The molecule has 4 N–H and O–H groups in total. The highest BCUT2D eigenvalue weighted by atomic mass is 16.7. The maximum Gasteiger partial charge on any atom is 0.321 e. The van der Waals surface area contributed by atoms with Crippen LogP contribution in [0.3, 0.4) is 0 Å². The van der Waals surface area contributed by atoms with Crippen molar-refractivity contribution in [3.05, 3.63) is 42.0 Å². The van der Waals surface area contributed by atoms with E-state index in [1.54, 1.807) is 55.3 Å². The molecule has 0 aliphatic carbocycles. The van der Waals surface area contributed by atoms with Crippen LogP contribution in [0.2, 0.25) is 0 Å². The number of likely N-dealkylation sites (N-methyl/N-ethyl adjacent to an activating group) is 1. The fourth-order valence-corrected chi connectivity index (χ4v) is 4.53. The number of aliphatic hydroxyl groups is 1. The van der Waals surface area contributed by atoms with Crippen LogP contribution in [0, 0.1) is 5.92 Å². The molecule has 0 unspecified atom stereocenters. The summed E-state index contributed by atoms with van der Waals surface area (Å²) < 4.78 is 17.2. The topological polar surface area (TPSA) is 142 Å². The molecule has 2 aromatic carbocycles. The zero-order valence-corrected chi connectivity index (χ0v) is 23.4.